The summed E-state index contributed by atoms with van der Waals surface area (Å²) in [5.41, 5.74) is 8.98. The largest absolute Gasteiger partial charge is 0.476 e. The molecular weight excluding hydrogens is 326 g/mol. The minimum absolute atomic E-state index is 0.437. The molecule has 0 atom stereocenters. The summed E-state index contributed by atoms with van der Waals surface area (Å²) in [6, 6.07) is 11.1. The maximum absolute atomic E-state index is 5.85. The van der Waals surface area contributed by atoms with Crippen LogP contribution in [0.3, 0.4) is 0 Å². The van der Waals surface area contributed by atoms with E-state index in [0.717, 1.165) is 18.5 Å². The van der Waals surface area contributed by atoms with Crippen molar-refractivity contribution in [3.8, 4) is 17.7 Å². The highest BCUT2D eigenvalue weighted by Crippen LogP contribution is 2.17. The summed E-state index contributed by atoms with van der Waals surface area (Å²) in [5, 5.41) is 0. The second-order valence-corrected chi connectivity index (χ2v) is 6.10. The average molecular weight is 347 g/mol. The second-order valence-electron chi connectivity index (χ2n) is 6.10. The lowest BCUT2D eigenvalue weighted by molar-refractivity contribution is 0.272. The van der Waals surface area contributed by atoms with Crippen LogP contribution in [0.5, 0.6) is 5.88 Å². The molecule has 3 rings (SSSR count). The molecule has 132 valence electrons. The lowest BCUT2D eigenvalue weighted by Crippen LogP contribution is -2.16. The summed E-state index contributed by atoms with van der Waals surface area (Å²) in [6.45, 7) is 1.49. The van der Waals surface area contributed by atoms with E-state index in [1.165, 1.54) is 0 Å². The van der Waals surface area contributed by atoms with E-state index in [0.29, 0.717) is 35.0 Å². The number of ether oxygens (including phenoxy) is 1. The minimum atomic E-state index is 0.437. The van der Waals surface area contributed by atoms with E-state index in [1.807, 2.05) is 50.5 Å². The van der Waals surface area contributed by atoms with Gasteiger partial charge in [0.25, 0.3) is 0 Å². The number of pyridine rings is 1. The van der Waals surface area contributed by atoms with Gasteiger partial charge >= 0.3 is 0 Å². The molecule has 0 bridgehead atoms. The Morgan fingerprint density at radius 3 is 2.65 bits per heavy atom. The van der Waals surface area contributed by atoms with Gasteiger partial charge in [-0.1, -0.05) is 5.92 Å². The maximum atomic E-state index is 5.85. The van der Waals surface area contributed by atoms with Crippen LogP contribution in [0.4, 0.5) is 5.69 Å². The van der Waals surface area contributed by atoms with Crippen molar-refractivity contribution in [2.45, 2.75) is 6.42 Å². The molecule has 0 unspecified atom stereocenters. The van der Waals surface area contributed by atoms with Crippen LogP contribution in [-0.2, 0) is 0 Å². The fourth-order valence-electron chi connectivity index (χ4n) is 2.31. The first-order valence-electron chi connectivity index (χ1n) is 8.40. The molecule has 0 spiro atoms. The van der Waals surface area contributed by atoms with Gasteiger partial charge in [0.05, 0.1) is 6.61 Å². The Morgan fingerprint density at radius 1 is 1.08 bits per heavy atom. The number of hydrogen-bond donors (Lipinski definition) is 1. The first-order valence-corrected chi connectivity index (χ1v) is 8.40. The highest BCUT2D eigenvalue weighted by atomic mass is 16.5. The van der Waals surface area contributed by atoms with Crippen LogP contribution in [0, 0.1) is 11.8 Å². The zero-order valence-corrected chi connectivity index (χ0v) is 14.9. The Morgan fingerprint density at radius 2 is 1.88 bits per heavy atom. The fourth-order valence-corrected chi connectivity index (χ4v) is 2.31. The van der Waals surface area contributed by atoms with Gasteiger partial charge in [-0.3, -0.25) is 0 Å². The number of nitrogen functional groups attached to an aromatic ring is 1. The van der Waals surface area contributed by atoms with Crippen molar-refractivity contribution in [1.29, 1.82) is 0 Å². The Labute approximate surface area is 153 Å². The standard InChI is InChI=1S/C20H21N5O/c1-25(2)13-4-14-26-20-18(11-8-15-6-9-16(21)10-7-15)23-19-17(24-20)5-3-12-22-19/h3,5-7,9-10,12H,4,13-14,21H2,1-2H3. The minimum Gasteiger partial charge on any atom is -0.476 e. The van der Waals surface area contributed by atoms with Gasteiger partial charge in [0.15, 0.2) is 11.3 Å². The van der Waals surface area contributed by atoms with Gasteiger partial charge in [-0.05, 0) is 62.8 Å². The van der Waals surface area contributed by atoms with Gasteiger partial charge in [0.2, 0.25) is 5.88 Å². The summed E-state index contributed by atoms with van der Waals surface area (Å²) in [5.74, 6) is 6.57. The maximum Gasteiger partial charge on any atom is 0.249 e. The smallest absolute Gasteiger partial charge is 0.249 e. The molecule has 0 saturated heterocycles. The van der Waals surface area contributed by atoms with Gasteiger partial charge < -0.3 is 15.4 Å². The summed E-state index contributed by atoms with van der Waals surface area (Å²) in [4.78, 5) is 15.4. The van der Waals surface area contributed by atoms with Crippen molar-refractivity contribution < 1.29 is 4.74 Å². The zero-order chi connectivity index (χ0) is 18.4. The van der Waals surface area contributed by atoms with Crippen LogP contribution in [0.15, 0.2) is 42.6 Å². The van der Waals surface area contributed by atoms with E-state index < -0.39 is 0 Å². The predicted octanol–water partition coefficient (Wildman–Crippen LogP) is 2.34. The highest BCUT2D eigenvalue weighted by Gasteiger charge is 2.09. The first-order chi connectivity index (χ1) is 12.6. The quantitative estimate of drug-likeness (QED) is 0.434. The lowest BCUT2D eigenvalue weighted by atomic mass is 10.2. The molecule has 2 heterocycles. The van der Waals surface area contributed by atoms with Crippen molar-refractivity contribution in [2.24, 2.45) is 0 Å². The normalized spacial score (nSPS) is 10.6. The van der Waals surface area contributed by atoms with E-state index in [1.54, 1.807) is 6.20 Å². The lowest BCUT2D eigenvalue weighted by Gasteiger charge is -2.10. The fraction of sp³-hybridized carbons (Fsp3) is 0.250. The van der Waals surface area contributed by atoms with Crippen molar-refractivity contribution in [1.82, 2.24) is 19.9 Å². The number of nitrogens with two attached hydrogens (primary N) is 1. The third-order valence-electron chi connectivity index (χ3n) is 3.63. The molecular formula is C20H21N5O. The first kappa shape index (κ1) is 17.6. The number of benzene rings is 1. The molecule has 0 fully saturated rings. The van der Waals surface area contributed by atoms with Crippen molar-refractivity contribution in [3.05, 3.63) is 53.9 Å². The molecule has 0 amide bonds. The molecule has 6 nitrogen and oxygen atoms in total. The number of fused-ring (bicyclic) bond motifs is 1. The topological polar surface area (TPSA) is 77.2 Å². The van der Waals surface area contributed by atoms with Crippen LogP contribution < -0.4 is 10.5 Å². The number of aromatic nitrogens is 3. The van der Waals surface area contributed by atoms with Crippen LogP contribution in [0.25, 0.3) is 11.2 Å². The Kier molecular flexibility index (Phi) is 5.62. The molecule has 0 radical (unpaired) electrons. The predicted molar refractivity (Wildman–Crippen MR) is 103 cm³/mol. The van der Waals surface area contributed by atoms with Crippen molar-refractivity contribution in [3.63, 3.8) is 0 Å². The van der Waals surface area contributed by atoms with Crippen LogP contribution in [0.2, 0.25) is 0 Å². The van der Waals surface area contributed by atoms with Crippen LogP contribution >= 0.6 is 0 Å². The van der Waals surface area contributed by atoms with E-state index in [2.05, 4.69) is 31.7 Å². The molecule has 0 saturated carbocycles. The van der Waals surface area contributed by atoms with Crippen molar-refractivity contribution >= 4 is 16.9 Å². The van der Waals surface area contributed by atoms with E-state index in [-0.39, 0.29) is 0 Å². The zero-order valence-electron chi connectivity index (χ0n) is 14.9. The molecule has 2 N–H and O–H groups in total. The summed E-state index contributed by atoms with van der Waals surface area (Å²) in [6.07, 6.45) is 2.58. The monoisotopic (exact) mass is 347 g/mol. The molecule has 3 aromatic rings. The van der Waals surface area contributed by atoms with Crippen LogP contribution in [0.1, 0.15) is 17.7 Å². The van der Waals surface area contributed by atoms with Gasteiger partial charge in [-0.15, -0.1) is 0 Å². The van der Waals surface area contributed by atoms with Gasteiger partial charge in [-0.25, -0.2) is 15.0 Å². The van der Waals surface area contributed by atoms with Crippen molar-refractivity contribution in [2.75, 3.05) is 33.0 Å². The third-order valence-corrected chi connectivity index (χ3v) is 3.63. The summed E-state index contributed by atoms with van der Waals surface area (Å²) in [7, 11) is 4.07. The summed E-state index contributed by atoms with van der Waals surface area (Å²) >= 11 is 0. The molecule has 6 heteroatoms. The van der Waals surface area contributed by atoms with Gasteiger partial charge in [0.1, 0.15) is 5.52 Å². The average Bonchev–Trinajstić information content (AvgIpc) is 2.64. The Hall–Kier alpha value is -3.17. The molecule has 2 aromatic heterocycles. The Bertz CT molecular complexity index is 942. The molecule has 0 aliphatic heterocycles. The summed E-state index contributed by atoms with van der Waals surface area (Å²) < 4.78 is 5.85. The molecule has 0 aliphatic carbocycles. The third kappa shape index (κ3) is 4.68. The van der Waals surface area contributed by atoms with Crippen LogP contribution in [-0.4, -0.2) is 47.1 Å². The number of hydrogen-bond acceptors (Lipinski definition) is 6. The molecule has 26 heavy (non-hydrogen) atoms. The van der Waals surface area contributed by atoms with E-state index in [9.17, 15) is 0 Å². The number of anilines is 1. The SMILES string of the molecule is CN(C)CCCOc1nc2cccnc2nc1C#Cc1ccc(N)cc1. The van der Waals surface area contributed by atoms with E-state index >= 15 is 0 Å². The van der Waals surface area contributed by atoms with E-state index in [4.69, 9.17) is 10.5 Å². The second kappa shape index (κ2) is 8.28. The molecule has 1 aromatic carbocycles. The number of rotatable bonds is 5. The van der Waals surface area contributed by atoms with Gasteiger partial charge in [-0.2, -0.15) is 0 Å². The number of nitrogens with zero attached hydrogens (tertiary/aromatic N) is 4. The Balaban J connectivity index is 1.88. The van der Waals surface area contributed by atoms with Gasteiger partial charge in [0, 0.05) is 24.0 Å². The molecule has 0 aliphatic rings. The highest BCUT2D eigenvalue weighted by molar-refractivity contribution is 5.71.